The lowest BCUT2D eigenvalue weighted by molar-refractivity contribution is -0.118. The van der Waals surface area contributed by atoms with E-state index in [0.717, 1.165) is 31.6 Å². The second kappa shape index (κ2) is 9.52. The molecule has 27 heavy (non-hydrogen) atoms. The summed E-state index contributed by atoms with van der Waals surface area (Å²) in [5, 5.41) is 2.90. The molecule has 1 atom stereocenters. The molecule has 0 bridgehead atoms. The first-order chi connectivity index (χ1) is 12.8. The Hall–Kier alpha value is -1.64. The van der Waals surface area contributed by atoms with E-state index in [-0.39, 0.29) is 23.3 Å². The standard InChI is InChI=1S/C19H31N3O4S/c1-5-22(6-2)27(24,25)16-9-10-18(21-11-7-8-12-21)17(14-16)20-19(23)13-15(3)26-4/h9-10,14-15H,5-8,11-13H2,1-4H3,(H,20,23)/t15-/m0/s1. The Balaban J connectivity index is 2.38. The summed E-state index contributed by atoms with van der Waals surface area (Å²) in [5.41, 5.74) is 1.41. The predicted molar refractivity (Wildman–Crippen MR) is 108 cm³/mol. The summed E-state index contributed by atoms with van der Waals surface area (Å²) < 4.78 is 32.3. The number of methoxy groups -OCH3 is 1. The lowest BCUT2D eigenvalue weighted by Crippen LogP contribution is -2.31. The van der Waals surface area contributed by atoms with E-state index in [2.05, 4.69) is 10.2 Å². The fraction of sp³-hybridized carbons (Fsp3) is 0.632. The molecule has 0 saturated carbocycles. The Kier molecular flexibility index (Phi) is 7.64. The summed E-state index contributed by atoms with van der Waals surface area (Å²) in [7, 11) is -2.03. The van der Waals surface area contributed by atoms with Crippen LogP contribution in [0.1, 0.15) is 40.0 Å². The van der Waals surface area contributed by atoms with Crippen molar-refractivity contribution in [2.24, 2.45) is 0 Å². The van der Waals surface area contributed by atoms with Crippen molar-refractivity contribution in [1.82, 2.24) is 4.31 Å². The number of ether oxygens (including phenoxy) is 1. The Morgan fingerprint density at radius 3 is 2.44 bits per heavy atom. The summed E-state index contributed by atoms with van der Waals surface area (Å²) in [4.78, 5) is 14.8. The normalized spacial score (nSPS) is 16.0. The average Bonchev–Trinajstić information content (AvgIpc) is 3.16. The van der Waals surface area contributed by atoms with Gasteiger partial charge in [0.05, 0.1) is 28.8 Å². The third-order valence-corrected chi connectivity index (χ3v) is 6.95. The second-order valence-corrected chi connectivity index (χ2v) is 8.70. The molecule has 0 aromatic heterocycles. The van der Waals surface area contributed by atoms with E-state index in [4.69, 9.17) is 4.74 Å². The Labute approximate surface area is 162 Å². The molecule has 0 aliphatic carbocycles. The van der Waals surface area contributed by atoms with Gasteiger partial charge in [0.25, 0.3) is 0 Å². The maximum Gasteiger partial charge on any atom is 0.243 e. The molecular weight excluding hydrogens is 366 g/mol. The van der Waals surface area contributed by atoms with E-state index in [1.807, 2.05) is 20.8 Å². The van der Waals surface area contributed by atoms with Gasteiger partial charge in [-0.15, -0.1) is 0 Å². The van der Waals surface area contributed by atoms with Crippen molar-refractivity contribution in [3.63, 3.8) is 0 Å². The molecule has 2 rings (SSSR count). The molecule has 1 amide bonds. The highest BCUT2D eigenvalue weighted by atomic mass is 32.2. The second-order valence-electron chi connectivity index (χ2n) is 6.76. The summed E-state index contributed by atoms with van der Waals surface area (Å²) in [5.74, 6) is -0.192. The molecule has 1 saturated heterocycles. The molecule has 1 aromatic carbocycles. The molecule has 0 unspecified atom stereocenters. The van der Waals surface area contributed by atoms with Crippen LogP contribution in [0.25, 0.3) is 0 Å². The SMILES string of the molecule is CCN(CC)S(=O)(=O)c1ccc(N2CCCC2)c(NC(=O)C[C@H](C)OC)c1. The van der Waals surface area contributed by atoms with Crippen molar-refractivity contribution in [2.75, 3.05) is 43.5 Å². The fourth-order valence-corrected chi connectivity index (χ4v) is 4.75. The topological polar surface area (TPSA) is 79.0 Å². The summed E-state index contributed by atoms with van der Waals surface area (Å²) in [6.07, 6.45) is 2.19. The molecule has 1 aliphatic heterocycles. The summed E-state index contributed by atoms with van der Waals surface area (Å²) in [6.45, 7) is 8.06. The number of nitrogens with one attached hydrogen (secondary N) is 1. The summed E-state index contributed by atoms with van der Waals surface area (Å²) in [6, 6.07) is 5.02. The van der Waals surface area contributed by atoms with Gasteiger partial charge in [-0.3, -0.25) is 4.79 Å². The zero-order valence-electron chi connectivity index (χ0n) is 16.7. The van der Waals surface area contributed by atoms with Crippen LogP contribution in [-0.4, -0.2) is 58.0 Å². The number of anilines is 2. The quantitative estimate of drug-likeness (QED) is 0.693. The molecule has 152 valence electrons. The van der Waals surface area contributed by atoms with Crippen LogP contribution < -0.4 is 10.2 Å². The van der Waals surface area contributed by atoms with Gasteiger partial charge in [0, 0.05) is 33.3 Å². The van der Waals surface area contributed by atoms with E-state index in [1.54, 1.807) is 25.3 Å². The summed E-state index contributed by atoms with van der Waals surface area (Å²) >= 11 is 0. The Bertz CT molecular complexity index is 741. The van der Waals surface area contributed by atoms with Gasteiger partial charge in [-0.2, -0.15) is 4.31 Å². The van der Waals surface area contributed by atoms with Crippen LogP contribution >= 0.6 is 0 Å². The van der Waals surface area contributed by atoms with Crippen LogP contribution in [0.2, 0.25) is 0 Å². The zero-order chi connectivity index (χ0) is 20.0. The first kappa shape index (κ1) is 21.7. The van der Waals surface area contributed by atoms with E-state index < -0.39 is 10.0 Å². The molecule has 1 aromatic rings. The molecule has 7 nitrogen and oxygen atoms in total. The van der Waals surface area contributed by atoms with Gasteiger partial charge in [0.2, 0.25) is 15.9 Å². The van der Waals surface area contributed by atoms with Gasteiger partial charge >= 0.3 is 0 Å². The van der Waals surface area contributed by atoms with Gasteiger partial charge in [0.15, 0.2) is 0 Å². The van der Waals surface area contributed by atoms with Crippen LogP contribution in [0.5, 0.6) is 0 Å². The maximum absolute atomic E-state index is 12.9. The van der Waals surface area contributed by atoms with Crippen molar-refractivity contribution >= 4 is 27.3 Å². The largest absolute Gasteiger partial charge is 0.381 e. The molecule has 1 N–H and O–H groups in total. The number of carbonyl (C=O) groups excluding carboxylic acids is 1. The first-order valence-corrected chi connectivity index (χ1v) is 11.0. The Morgan fingerprint density at radius 1 is 1.26 bits per heavy atom. The average molecular weight is 398 g/mol. The number of carbonyl (C=O) groups is 1. The number of rotatable bonds is 9. The van der Waals surface area contributed by atoms with E-state index >= 15 is 0 Å². The van der Waals surface area contributed by atoms with Gasteiger partial charge in [0.1, 0.15) is 0 Å². The van der Waals surface area contributed by atoms with Crippen LogP contribution in [0, 0.1) is 0 Å². The lowest BCUT2D eigenvalue weighted by Gasteiger charge is -2.24. The smallest absolute Gasteiger partial charge is 0.243 e. The minimum atomic E-state index is -3.59. The van der Waals surface area contributed by atoms with Crippen molar-refractivity contribution in [3.8, 4) is 0 Å². The molecule has 1 fully saturated rings. The number of hydrogen-bond donors (Lipinski definition) is 1. The predicted octanol–water partition coefficient (Wildman–Crippen LogP) is 2.68. The molecule has 8 heteroatoms. The van der Waals surface area contributed by atoms with Crippen LogP contribution in [-0.2, 0) is 19.6 Å². The van der Waals surface area contributed by atoms with Crippen molar-refractivity contribution in [1.29, 1.82) is 0 Å². The molecule has 1 heterocycles. The van der Waals surface area contributed by atoms with Crippen LogP contribution in [0.15, 0.2) is 23.1 Å². The number of hydrogen-bond acceptors (Lipinski definition) is 5. The van der Waals surface area contributed by atoms with Crippen molar-refractivity contribution in [3.05, 3.63) is 18.2 Å². The minimum absolute atomic E-state index is 0.192. The highest BCUT2D eigenvalue weighted by molar-refractivity contribution is 7.89. The molecule has 0 spiro atoms. The minimum Gasteiger partial charge on any atom is -0.381 e. The molecular formula is C19H31N3O4S. The van der Waals surface area contributed by atoms with Crippen LogP contribution in [0.4, 0.5) is 11.4 Å². The zero-order valence-corrected chi connectivity index (χ0v) is 17.5. The van der Waals surface area contributed by atoms with Crippen molar-refractivity contribution in [2.45, 2.75) is 51.0 Å². The number of nitrogens with zero attached hydrogens (tertiary/aromatic N) is 2. The lowest BCUT2D eigenvalue weighted by atomic mass is 10.2. The van der Waals surface area contributed by atoms with E-state index in [9.17, 15) is 13.2 Å². The van der Waals surface area contributed by atoms with Crippen molar-refractivity contribution < 1.29 is 17.9 Å². The third-order valence-electron chi connectivity index (χ3n) is 4.91. The monoisotopic (exact) mass is 397 g/mol. The fourth-order valence-electron chi connectivity index (χ4n) is 3.27. The highest BCUT2D eigenvalue weighted by Crippen LogP contribution is 2.32. The van der Waals surface area contributed by atoms with Crippen LogP contribution in [0.3, 0.4) is 0 Å². The van der Waals surface area contributed by atoms with Gasteiger partial charge in [-0.25, -0.2) is 8.42 Å². The van der Waals surface area contributed by atoms with Gasteiger partial charge in [-0.1, -0.05) is 13.8 Å². The molecule has 0 radical (unpaired) electrons. The number of sulfonamides is 1. The Morgan fingerprint density at radius 2 is 1.89 bits per heavy atom. The first-order valence-electron chi connectivity index (χ1n) is 9.55. The number of amides is 1. The van der Waals surface area contributed by atoms with E-state index in [1.165, 1.54) is 4.31 Å². The van der Waals surface area contributed by atoms with Gasteiger partial charge in [-0.05, 0) is 38.0 Å². The van der Waals surface area contributed by atoms with E-state index in [0.29, 0.717) is 18.8 Å². The maximum atomic E-state index is 12.9. The molecule has 1 aliphatic rings. The number of benzene rings is 1. The van der Waals surface area contributed by atoms with Gasteiger partial charge < -0.3 is 15.0 Å². The highest BCUT2D eigenvalue weighted by Gasteiger charge is 2.25. The third kappa shape index (κ3) is 5.21.